The summed E-state index contributed by atoms with van der Waals surface area (Å²) in [5.41, 5.74) is 0. The van der Waals surface area contributed by atoms with E-state index in [9.17, 15) is 0 Å². The molecule has 1 aliphatic carbocycles. The van der Waals surface area contributed by atoms with Crippen LogP contribution in [0.5, 0.6) is 0 Å². The first-order chi connectivity index (χ1) is 6.24. The van der Waals surface area contributed by atoms with E-state index >= 15 is 0 Å². The fraction of sp³-hybridized carbons (Fsp3) is 1.00. The van der Waals surface area contributed by atoms with E-state index < -0.39 is 0 Å². The Kier molecular flexibility index (Phi) is 4.79. The van der Waals surface area contributed by atoms with Gasteiger partial charge in [0.2, 0.25) is 0 Å². The van der Waals surface area contributed by atoms with Gasteiger partial charge in [0, 0.05) is 0 Å². The summed E-state index contributed by atoms with van der Waals surface area (Å²) in [5.74, 6) is 2.85. The lowest BCUT2D eigenvalue weighted by Gasteiger charge is -2.31. The molecule has 2 atom stereocenters. The van der Waals surface area contributed by atoms with Crippen molar-refractivity contribution in [2.45, 2.75) is 46.5 Å². The van der Waals surface area contributed by atoms with Gasteiger partial charge in [-0.05, 0) is 43.7 Å². The van der Waals surface area contributed by atoms with Crippen LogP contribution < -0.4 is 5.32 Å². The van der Waals surface area contributed by atoms with Gasteiger partial charge in [-0.1, -0.05) is 33.6 Å². The highest BCUT2D eigenvalue weighted by atomic mass is 14.8. The van der Waals surface area contributed by atoms with E-state index in [0.717, 1.165) is 24.3 Å². The van der Waals surface area contributed by atoms with Gasteiger partial charge in [0.1, 0.15) is 0 Å². The molecule has 13 heavy (non-hydrogen) atoms. The summed E-state index contributed by atoms with van der Waals surface area (Å²) in [4.78, 5) is 0. The zero-order valence-electron chi connectivity index (χ0n) is 9.47. The van der Waals surface area contributed by atoms with Crippen molar-refractivity contribution in [2.75, 3.05) is 13.1 Å². The topological polar surface area (TPSA) is 12.0 Å². The largest absolute Gasteiger partial charge is 0.317 e. The molecule has 78 valence electrons. The molecule has 1 rings (SSSR count). The minimum absolute atomic E-state index is 0.893. The van der Waals surface area contributed by atoms with Crippen LogP contribution in [0.15, 0.2) is 0 Å². The third kappa shape index (κ3) is 3.68. The Hall–Kier alpha value is -0.0400. The number of hydrogen-bond donors (Lipinski definition) is 1. The molecule has 0 amide bonds. The minimum Gasteiger partial charge on any atom is -0.317 e. The quantitative estimate of drug-likeness (QED) is 0.706. The van der Waals surface area contributed by atoms with Crippen LogP contribution in [0.1, 0.15) is 46.5 Å². The van der Waals surface area contributed by atoms with Crippen LogP contribution in [0.4, 0.5) is 0 Å². The lowest BCUT2D eigenvalue weighted by molar-refractivity contribution is 0.211. The fourth-order valence-corrected chi connectivity index (χ4v) is 2.47. The van der Waals surface area contributed by atoms with Crippen LogP contribution in [0, 0.1) is 17.8 Å². The Morgan fingerprint density at radius 3 is 2.69 bits per heavy atom. The molecule has 2 unspecified atom stereocenters. The van der Waals surface area contributed by atoms with Crippen molar-refractivity contribution in [1.82, 2.24) is 5.32 Å². The summed E-state index contributed by atoms with van der Waals surface area (Å²) in [6, 6.07) is 0. The maximum absolute atomic E-state index is 3.48. The Morgan fingerprint density at radius 1 is 1.31 bits per heavy atom. The van der Waals surface area contributed by atoms with Crippen molar-refractivity contribution in [2.24, 2.45) is 17.8 Å². The normalized spacial score (nSPS) is 29.5. The predicted octanol–water partition coefficient (Wildman–Crippen LogP) is 3.06. The molecule has 0 aromatic rings. The summed E-state index contributed by atoms with van der Waals surface area (Å²) in [6.07, 6.45) is 5.85. The summed E-state index contributed by atoms with van der Waals surface area (Å²) in [7, 11) is 0. The third-order valence-electron chi connectivity index (χ3n) is 3.45. The molecule has 0 heterocycles. The lowest BCUT2D eigenvalue weighted by atomic mass is 9.76. The SMILES string of the molecule is CCNCC1CCCC(C(C)C)C1. The van der Waals surface area contributed by atoms with Gasteiger partial charge in [-0.3, -0.25) is 0 Å². The standard InChI is InChI=1S/C12H25N/c1-4-13-9-11-6-5-7-12(8-11)10(2)3/h10-13H,4-9H2,1-3H3. The van der Waals surface area contributed by atoms with Gasteiger partial charge in [-0.2, -0.15) is 0 Å². The smallest absolute Gasteiger partial charge is 0.00205 e. The second-order valence-corrected chi connectivity index (χ2v) is 4.84. The fourth-order valence-electron chi connectivity index (χ4n) is 2.47. The van der Waals surface area contributed by atoms with Crippen LogP contribution >= 0.6 is 0 Å². The second-order valence-electron chi connectivity index (χ2n) is 4.84. The molecule has 0 bridgehead atoms. The van der Waals surface area contributed by atoms with E-state index in [1.165, 1.54) is 32.2 Å². The third-order valence-corrected chi connectivity index (χ3v) is 3.45. The van der Waals surface area contributed by atoms with Crippen molar-refractivity contribution in [3.05, 3.63) is 0 Å². The molecule has 1 nitrogen and oxygen atoms in total. The minimum atomic E-state index is 0.893. The zero-order chi connectivity index (χ0) is 9.68. The Balaban J connectivity index is 2.25. The van der Waals surface area contributed by atoms with E-state index in [2.05, 4.69) is 26.1 Å². The molecule has 0 radical (unpaired) electrons. The number of rotatable bonds is 4. The first-order valence-electron chi connectivity index (χ1n) is 5.94. The summed E-state index contributed by atoms with van der Waals surface area (Å²) >= 11 is 0. The van der Waals surface area contributed by atoms with Crippen LogP contribution in [0.2, 0.25) is 0 Å². The van der Waals surface area contributed by atoms with Crippen molar-refractivity contribution >= 4 is 0 Å². The van der Waals surface area contributed by atoms with Gasteiger partial charge >= 0.3 is 0 Å². The number of nitrogens with one attached hydrogen (secondary N) is 1. The van der Waals surface area contributed by atoms with Crippen molar-refractivity contribution in [1.29, 1.82) is 0 Å². The summed E-state index contributed by atoms with van der Waals surface area (Å²) in [5, 5.41) is 3.48. The molecule has 1 aliphatic rings. The van der Waals surface area contributed by atoms with Crippen LogP contribution in [0.25, 0.3) is 0 Å². The Bertz CT molecular complexity index is 131. The first-order valence-corrected chi connectivity index (χ1v) is 5.94. The maximum Gasteiger partial charge on any atom is -0.00205 e. The molecule has 1 saturated carbocycles. The first kappa shape index (κ1) is 11.0. The van der Waals surface area contributed by atoms with E-state index in [4.69, 9.17) is 0 Å². The molecule has 1 heteroatoms. The molecule has 0 saturated heterocycles. The van der Waals surface area contributed by atoms with E-state index in [-0.39, 0.29) is 0 Å². The monoisotopic (exact) mass is 183 g/mol. The van der Waals surface area contributed by atoms with E-state index in [1.54, 1.807) is 0 Å². The van der Waals surface area contributed by atoms with Gasteiger partial charge < -0.3 is 5.32 Å². The van der Waals surface area contributed by atoms with Crippen molar-refractivity contribution in [3.8, 4) is 0 Å². The maximum atomic E-state index is 3.48. The average molecular weight is 183 g/mol. The highest BCUT2D eigenvalue weighted by Gasteiger charge is 2.23. The Labute approximate surface area is 83.3 Å². The molecule has 1 fully saturated rings. The molecule has 0 spiro atoms. The zero-order valence-corrected chi connectivity index (χ0v) is 9.47. The summed E-state index contributed by atoms with van der Waals surface area (Å²) < 4.78 is 0. The van der Waals surface area contributed by atoms with Crippen molar-refractivity contribution < 1.29 is 0 Å². The predicted molar refractivity (Wildman–Crippen MR) is 58.8 cm³/mol. The molecule has 0 aromatic heterocycles. The molecule has 0 aliphatic heterocycles. The highest BCUT2D eigenvalue weighted by molar-refractivity contribution is 4.76. The van der Waals surface area contributed by atoms with E-state index in [1.807, 2.05) is 0 Å². The van der Waals surface area contributed by atoms with Crippen LogP contribution in [-0.2, 0) is 0 Å². The molecular weight excluding hydrogens is 158 g/mol. The van der Waals surface area contributed by atoms with Gasteiger partial charge in [-0.15, -0.1) is 0 Å². The highest BCUT2D eigenvalue weighted by Crippen LogP contribution is 2.33. The van der Waals surface area contributed by atoms with Crippen LogP contribution in [-0.4, -0.2) is 13.1 Å². The van der Waals surface area contributed by atoms with Crippen molar-refractivity contribution in [3.63, 3.8) is 0 Å². The number of hydrogen-bond acceptors (Lipinski definition) is 1. The van der Waals surface area contributed by atoms with E-state index in [0.29, 0.717) is 0 Å². The Morgan fingerprint density at radius 2 is 2.08 bits per heavy atom. The van der Waals surface area contributed by atoms with Gasteiger partial charge in [-0.25, -0.2) is 0 Å². The molecule has 0 aromatic carbocycles. The lowest BCUT2D eigenvalue weighted by Crippen LogP contribution is -2.28. The molecular formula is C12H25N. The van der Waals surface area contributed by atoms with Gasteiger partial charge in [0.05, 0.1) is 0 Å². The van der Waals surface area contributed by atoms with Crippen LogP contribution in [0.3, 0.4) is 0 Å². The second kappa shape index (κ2) is 5.64. The van der Waals surface area contributed by atoms with Gasteiger partial charge in [0.15, 0.2) is 0 Å². The summed E-state index contributed by atoms with van der Waals surface area (Å²) in [6.45, 7) is 9.33. The van der Waals surface area contributed by atoms with Gasteiger partial charge in [0.25, 0.3) is 0 Å². The molecule has 1 N–H and O–H groups in total. The average Bonchev–Trinajstić information content (AvgIpc) is 2.15.